The van der Waals surface area contributed by atoms with E-state index in [2.05, 4.69) is 18.4 Å². The molecule has 0 saturated carbocycles. The number of ether oxygens (including phenoxy) is 1. The van der Waals surface area contributed by atoms with Crippen LogP contribution in [0.25, 0.3) is 0 Å². The first-order valence-corrected chi connectivity index (χ1v) is 4.70. The van der Waals surface area contributed by atoms with E-state index in [4.69, 9.17) is 4.74 Å². The molecule has 0 saturated heterocycles. The van der Waals surface area contributed by atoms with Crippen LogP contribution in [0.3, 0.4) is 0 Å². The van der Waals surface area contributed by atoms with Gasteiger partial charge < -0.3 is 4.74 Å². The summed E-state index contributed by atoms with van der Waals surface area (Å²) in [5.74, 6) is 0.854. The van der Waals surface area contributed by atoms with Crippen molar-refractivity contribution in [2.45, 2.75) is 13.5 Å². The molecule has 0 aliphatic heterocycles. The molecule has 0 N–H and O–H groups in total. The monoisotopic (exact) mass is 204 g/mol. The molecule has 0 heterocycles. The van der Waals surface area contributed by atoms with E-state index in [9.17, 15) is 0 Å². The highest BCUT2D eigenvalue weighted by molar-refractivity contribution is 5.28. The summed E-state index contributed by atoms with van der Waals surface area (Å²) in [6.07, 6.45) is 0. The fourth-order valence-corrected chi connectivity index (χ4v) is 1.21. The van der Waals surface area contributed by atoms with Crippen LogP contribution in [0.5, 0.6) is 5.75 Å². The van der Waals surface area contributed by atoms with Crippen LogP contribution in [0.15, 0.2) is 41.6 Å². The SMILES string of the molecule is C=NN(Cc1ccc(OC)cc1)C(=C)C. The van der Waals surface area contributed by atoms with Crippen molar-refractivity contribution in [3.63, 3.8) is 0 Å². The topological polar surface area (TPSA) is 24.8 Å². The number of methoxy groups -OCH3 is 1. The molecule has 0 aliphatic carbocycles. The molecule has 80 valence electrons. The van der Waals surface area contributed by atoms with Crippen molar-refractivity contribution >= 4 is 6.72 Å². The Bertz CT molecular complexity index is 343. The Morgan fingerprint density at radius 2 is 2.00 bits per heavy atom. The molecular weight excluding hydrogens is 188 g/mol. The maximum atomic E-state index is 5.08. The predicted octanol–water partition coefficient (Wildman–Crippen LogP) is 2.65. The summed E-state index contributed by atoms with van der Waals surface area (Å²) in [5, 5.41) is 5.63. The predicted molar refractivity (Wildman–Crippen MR) is 62.9 cm³/mol. The van der Waals surface area contributed by atoms with E-state index in [0.29, 0.717) is 6.54 Å². The van der Waals surface area contributed by atoms with Gasteiger partial charge in [0, 0.05) is 12.4 Å². The molecule has 0 amide bonds. The van der Waals surface area contributed by atoms with Gasteiger partial charge in [0.2, 0.25) is 0 Å². The molecule has 0 bridgehead atoms. The molecule has 3 heteroatoms. The first-order valence-electron chi connectivity index (χ1n) is 4.70. The number of rotatable bonds is 5. The van der Waals surface area contributed by atoms with Gasteiger partial charge in [0.25, 0.3) is 0 Å². The van der Waals surface area contributed by atoms with E-state index < -0.39 is 0 Å². The van der Waals surface area contributed by atoms with Crippen molar-refractivity contribution < 1.29 is 4.74 Å². The highest BCUT2D eigenvalue weighted by Crippen LogP contribution is 2.14. The van der Waals surface area contributed by atoms with E-state index in [1.54, 1.807) is 12.1 Å². The summed E-state index contributed by atoms with van der Waals surface area (Å²) in [6, 6.07) is 7.85. The van der Waals surface area contributed by atoms with Gasteiger partial charge in [-0.05, 0) is 24.6 Å². The Morgan fingerprint density at radius 3 is 2.40 bits per heavy atom. The van der Waals surface area contributed by atoms with Crippen LogP contribution < -0.4 is 4.74 Å². The lowest BCUT2D eigenvalue weighted by atomic mass is 10.2. The van der Waals surface area contributed by atoms with E-state index in [0.717, 1.165) is 17.0 Å². The molecule has 0 radical (unpaired) electrons. The van der Waals surface area contributed by atoms with Crippen LogP contribution in [0.4, 0.5) is 0 Å². The largest absolute Gasteiger partial charge is 0.497 e. The minimum Gasteiger partial charge on any atom is -0.497 e. The average molecular weight is 204 g/mol. The second-order valence-corrected chi connectivity index (χ2v) is 3.28. The standard InChI is InChI=1S/C12H16N2O/c1-10(2)14(13-3)9-11-5-7-12(15-4)8-6-11/h5-8H,1,3,9H2,2,4H3. The lowest BCUT2D eigenvalue weighted by Crippen LogP contribution is -2.13. The number of hydrogen-bond acceptors (Lipinski definition) is 3. The summed E-state index contributed by atoms with van der Waals surface area (Å²) >= 11 is 0. The van der Waals surface area contributed by atoms with Gasteiger partial charge in [-0.3, -0.25) is 5.01 Å². The summed E-state index contributed by atoms with van der Waals surface area (Å²) in [6.45, 7) is 9.91. The molecule has 1 aromatic rings. The van der Waals surface area contributed by atoms with Gasteiger partial charge in [0.1, 0.15) is 5.75 Å². The third kappa shape index (κ3) is 3.13. The lowest BCUT2D eigenvalue weighted by Gasteiger charge is -2.18. The molecule has 15 heavy (non-hydrogen) atoms. The number of nitrogens with zero attached hydrogens (tertiary/aromatic N) is 2. The van der Waals surface area contributed by atoms with Gasteiger partial charge in [-0.25, -0.2) is 0 Å². The Morgan fingerprint density at radius 1 is 1.40 bits per heavy atom. The quantitative estimate of drug-likeness (QED) is 0.544. The molecule has 0 unspecified atom stereocenters. The summed E-state index contributed by atoms with van der Waals surface area (Å²) < 4.78 is 5.08. The second kappa shape index (κ2) is 5.20. The molecule has 0 spiro atoms. The zero-order chi connectivity index (χ0) is 11.3. The smallest absolute Gasteiger partial charge is 0.118 e. The summed E-state index contributed by atoms with van der Waals surface area (Å²) in [4.78, 5) is 0. The zero-order valence-corrected chi connectivity index (χ0v) is 9.23. The zero-order valence-electron chi connectivity index (χ0n) is 9.23. The van der Waals surface area contributed by atoms with E-state index in [1.165, 1.54) is 0 Å². The van der Waals surface area contributed by atoms with Crippen molar-refractivity contribution in [1.82, 2.24) is 5.01 Å². The first kappa shape index (κ1) is 11.3. The normalized spacial score (nSPS) is 9.47. The molecular formula is C12H16N2O. The molecule has 0 aromatic heterocycles. The maximum Gasteiger partial charge on any atom is 0.118 e. The molecule has 0 fully saturated rings. The van der Waals surface area contributed by atoms with Crippen LogP contribution in [-0.4, -0.2) is 18.8 Å². The molecule has 1 aromatic carbocycles. The highest BCUT2D eigenvalue weighted by atomic mass is 16.5. The number of allylic oxidation sites excluding steroid dienone is 1. The fourth-order valence-electron chi connectivity index (χ4n) is 1.21. The van der Waals surface area contributed by atoms with E-state index in [1.807, 2.05) is 31.2 Å². The van der Waals surface area contributed by atoms with Gasteiger partial charge in [-0.15, -0.1) is 0 Å². The van der Waals surface area contributed by atoms with Gasteiger partial charge in [0.15, 0.2) is 0 Å². The molecule has 3 nitrogen and oxygen atoms in total. The second-order valence-electron chi connectivity index (χ2n) is 3.28. The van der Waals surface area contributed by atoms with Gasteiger partial charge in [-0.2, -0.15) is 5.10 Å². The number of hydrazone groups is 1. The summed E-state index contributed by atoms with van der Waals surface area (Å²) in [5.41, 5.74) is 2.02. The van der Waals surface area contributed by atoms with Crippen molar-refractivity contribution in [3.05, 3.63) is 42.1 Å². The molecule has 1 rings (SSSR count). The Kier molecular flexibility index (Phi) is 3.92. The maximum absolute atomic E-state index is 5.08. The van der Waals surface area contributed by atoms with Crippen molar-refractivity contribution in [3.8, 4) is 5.75 Å². The Balaban J connectivity index is 2.71. The molecule has 0 atom stereocenters. The van der Waals surface area contributed by atoms with Crippen LogP contribution in [0.1, 0.15) is 12.5 Å². The van der Waals surface area contributed by atoms with Gasteiger partial charge in [-0.1, -0.05) is 18.7 Å². The minimum atomic E-state index is 0.683. The number of hydrogen-bond donors (Lipinski definition) is 0. The lowest BCUT2D eigenvalue weighted by molar-refractivity contribution is 0.362. The minimum absolute atomic E-state index is 0.683. The Labute approximate surface area is 90.7 Å². The van der Waals surface area contributed by atoms with E-state index >= 15 is 0 Å². The summed E-state index contributed by atoms with van der Waals surface area (Å²) in [7, 11) is 1.65. The van der Waals surface area contributed by atoms with Crippen LogP contribution >= 0.6 is 0 Å². The van der Waals surface area contributed by atoms with Crippen LogP contribution in [0, 0.1) is 0 Å². The Hall–Kier alpha value is -1.77. The highest BCUT2D eigenvalue weighted by Gasteiger charge is 2.02. The van der Waals surface area contributed by atoms with Crippen molar-refractivity contribution in [2.24, 2.45) is 5.10 Å². The van der Waals surface area contributed by atoms with Crippen LogP contribution in [-0.2, 0) is 6.54 Å². The van der Waals surface area contributed by atoms with E-state index in [-0.39, 0.29) is 0 Å². The number of benzene rings is 1. The third-order valence-electron chi connectivity index (χ3n) is 2.10. The first-order chi connectivity index (χ1) is 7.17. The van der Waals surface area contributed by atoms with Crippen LogP contribution in [0.2, 0.25) is 0 Å². The van der Waals surface area contributed by atoms with Gasteiger partial charge in [0.05, 0.1) is 13.7 Å². The van der Waals surface area contributed by atoms with Gasteiger partial charge >= 0.3 is 0 Å². The molecule has 0 aliphatic rings. The van der Waals surface area contributed by atoms with Crippen molar-refractivity contribution in [1.29, 1.82) is 0 Å². The average Bonchev–Trinajstić information content (AvgIpc) is 2.26. The third-order valence-corrected chi connectivity index (χ3v) is 2.10. The van der Waals surface area contributed by atoms with Crippen molar-refractivity contribution in [2.75, 3.05) is 7.11 Å². The fraction of sp³-hybridized carbons (Fsp3) is 0.250.